The third-order valence-corrected chi connectivity index (χ3v) is 4.99. The van der Waals surface area contributed by atoms with Gasteiger partial charge in [-0.25, -0.2) is 0 Å². The molecule has 1 aromatic carbocycles. The van der Waals surface area contributed by atoms with Gasteiger partial charge in [0.1, 0.15) is 0 Å². The van der Waals surface area contributed by atoms with Gasteiger partial charge < -0.3 is 5.32 Å². The summed E-state index contributed by atoms with van der Waals surface area (Å²) in [5, 5.41) is 14.4. The SMILES string of the molecule is CSC1(CNC(C)c2ccccc2[N+](=O)[O-])CC1. The molecule has 0 heterocycles. The van der Waals surface area contributed by atoms with Crippen LogP contribution in [-0.2, 0) is 0 Å². The molecule has 4 nitrogen and oxygen atoms in total. The molecule has 1 aromatic rings. The molecule has 1 unspecified atom stereocenters. The van der Waals surface area contributed by atoms with E-state index < -0.39 is 0 Å². The smallest absolute Gasteiger partial charge is 0.274 e. The number of hydrogen-bond donors (Lipinski definition) is 1. The highest BCUT2D eigenvalue weighted by molar-refractivity contribution is 8.00. The maximum absolute atomic E-state index is 11.0. The van der Waals surface area contributed by atoms with Gasteiger partial charge in [-0.1, -0.05) is 18.2 Å². The van der Waals surface area contributed by atoms with E-state index in [-0.39, 0.29) is 16.7 Å². The van der Waals surface area contributed by atoms with Gasteiger partial charge >= 0.3 is 0 Å². The van der Waals surface area contributed by atoms with Crippen molar-refractivity contribution in [2.45, 2.75) is 30.6 Å². The summed E-state index contributed by atoms with van der Waals surface area (Å²) >= 11 is 1.89. The molecule has 1 fully saturated rings. The van der Waals surface area contributed by atoms with Crippen LogP contribution in [0, 0.1) is 10.1 Å². The lowest BCUT2D eigenvalue weighted by Crippen LogP contribution is -2.28. The number of nitro benzene ring substituents is 1. The first-order valence-electron chi connectivity index (χ1n) is 6.10. The van der Waals surface area contributed by atoms with Crippen LogP contribution < -0.4 is 5.32 Å². The third kappa shape index (κ3) is 2.84. The summed E-state index contributed by atoms with van der Waals surface area (Å²) in [5.74, 6) is 0. The molecule has 0 aromatic heterocycles. The average molecular weight is 266 g/mol. The summed E-state index contributed by atoms with van der Waals surface area (Å²) in [6.07, 6.45) is 4.61. The zero-order chi connectivity index (χ0) is 13.2. The maximum Gasteiger partial charge on any atom is 0.274 e. The van der Waals surface area contributed by atoms with Crippen LogP contribution in [0.2, 0.25) is 0 Å². The number of hydrogen-bond acceptors (Lipinski definition) is 4. The second kappa shape index (κ2) is 5.28. The minimum absolute atomic E-state index is 0.0104. The third-order valence-electron chi connectivity index (χ3n) is 3.57. The quantitative estimate of drug-likeness (QED) is 0.635. The van der Waals surface area contributed by atoms with Gasteiger partial charge in [-0.2, -0.15) is 11.8 Å². The Balaban J connectivity index is 2.04. The number of benzene rings is 1. The summed E-state index contributed by atoms with van der Waals surface area (Å²) in [7, 11) is 0. The number of nitro groups is 1. The van der Waals surface area contributed by atoms with E-state index in [0.29, 0.717) is 4.75 Å². The Labute approximate surface area is 111 Å². The van der Waals surface area contributed by atoms with Crippen LogP contribution in [0.25, 0.3) is 0 Å². The standard InChI is InChI=1S/C13H18N2O2S/c1-10(14-9-13(18-2)7-8-13)11-5-3-4-6-12(11)15(16)17/h3-6,10,14H,7-9H2,1-2H3. The van der Waals surface area contributed by atoms with Crippen LogP contribution >= 0.6 is 11.8 Å². The highest BCUT2D eigenvalue weighted by atomic mass is 32.2. The maximum atomic E-state index is 11.0. The lowest BCUT2D eigenvalue weighted by Gasteiger charge is -2.18. The van der Waals surface area contributed by atoms with Crippen molar-refractivity contribution >= 4 is 17.4 Å². The number of nitrogens with one attached hydrogen (secondary N) is 1. The lowest BCUT2D eigenvalue weighted by molar-refractivity contribution is -0.385. The Kier molecular flexibility index (Phi) is 3.92. The summed E-state index contributed by atoms with van der Waals surface area (Å²) in [4.78, 5) is 10.7. The van der Waals surface area contributed by atoms with E-state index >= 15 is 0 Å². The molecule has 2 rings (SSSR count). The molecular weight excluding hydrogens is 248 g/mol. The Morgan fingerprint density at radius 2 is 2.17 bits per heavy atom. The van der Waals surface area contributed by atoms with Gasteiger partial charge in [-0.15, -0.1) is 0 Å². The predicted octanol–water partition coefficient (Wildman–Crippen LogP) is 3.14. The van der Waals surface area contributed by atoms with Gasteiger partial charge in [0.15, 0.2) is 0 Å². The summed E-state index contributed by atoms with van der Waals surface area (Å²) in [6, 6.07) is 6.96. The molecule has 1 atom stereocenters. The van der Waals surface area contributed by atoms with Crippen molar-refractivity contribution in [3.05, 3.63) is 39.9 Å². The minimum atomic E-state index is -0.311. The van der Waals surface area contributed by atoms with E-state index in [2.05, 4.69) is 11.6 Å². The van der Waals surface area contributed by atoms with Crippen molar-refractivity contribution in [1.82, 2.24) is 5.32 Å². The number of thioether (sulfide) groups is 1. The Hall–Kier alpha value is -1.07. The van der Waals surface area contributed by atoms with Crippen LogP contribution in [0.4, 0.5) is 5.69 Å². The van der Waals surface area contributed by atoms with Crippen molar-refractivity contribution < 1.29 is 4.92 Å². The Morgan fingerprint density at radius 1 is 1.50 bits per heavy atom. The average Bonchev–Trinajstić information content (AvgIpc) is 3.16. The monoisotopic (exact) mass is 266 g/mol. The number of nitrogens with zero attached hydrogens (tertiary/aromatic N) is 1. The molecule has 1 N–H and O–H groups in total. The molecule has 98 valence electrons. The first-order chi connectivity index (χ1) is 8.58. The molecule has 0 radical (unpaired) electrons. The number of rotatable bonds is 6. The van der Waals surface area contributed by atoms with Crippen molar-refractivity contribution in [2.24, 2.45) is 0 Å². The van der Waals surface area contributed by atoms with E-state index in [1.807, 2.05) is 30.8 Å². The van der Waals surface area contributed by atoms with Crippen LogP contribution in [0.5, 0.6) is 0 Å². The van der Waals surface area contributed by atoms with Crippen LogP contribution in [-0.4, -0.2) is 22.5 Å². The molecule has 0 saturated heterocycles. The highest BCUT2D eigenvalue weighted by Gasteiger charge is 2.41. The molecule has 0 aliphatic heterocycles. The summed E-state index contributed by atoms with van der Waals surface area (Å²) in [5.41, 5.74) is 0.964. The van der Waals surface area contributed by atoms with Gasteiger partial charge in [-0.3, -0.25) is 10.1 Å². The van der Waals surface area contributed by atoms with Gasteiger partial charge in [0.25, 0.3) is 5.69 Å². The second-order valence-corrected chi connectivity index (χ2v) is 6.08. The molecule has 1 aliphatic carbocycles. The molecule has 0 bridgehead atoms. The molecular formula is C13H18N2O2S. The van der Waals surface area contributed by atoms with Gasteiger partial charge in [0.05, 0.1) is 4.92 Å². The highest BCUT2D eigenvalue weighted by Crippen LogP contribution is 2.46. The van der Waals surface area contributed by atoms with Crippen LogP contribution in [0.15, 0.2) is 24.3 Å². The predicted molar refractivity (Wildman–Crippen MR) is 75.0 cm³/mol. The molecule has 18 heavy (non-hydrogen) atoms. The van der Waals surface area contributed by atoms with Gasteiger partial charge in [0, 0.05) is 29.0 Å². The zero-order valence-corrected chi connectivity index (χ0v) is 11.5. The molecule has 1 saturated carbocycles. The Bertz CT molecular complexity index is 446. The second-order valence-electron chi connectivity index (χ2n) is 4.81. The normalized spacial score (nSPS) is 18.3. The first-order valence-corrected chi connectivity index (χ1v) is 7.32. The summed E-state index contributed by atoms with van der Waals surface area (Å²) in [6.45, 7) is 2.90. The van der Waals surface area contributed by atoms with Crippen LogP contribution in [0.1, 0.15) is 31.4 Å². The topological polar surface area (TPSA) is 55.2 Å². The molecule has 5 heteroatoms. The van der Waals surface area contributed by atoms with Crippen molar-refractivity contribution in [2.75, 3.05) is 12.8 Å². The van der Waals surface area contributed by atoms with Gasteiger partial charge in [-0.05, 0) is 26.0 Å². The van der Waals surface area contributed by atoms with Crippen LogP contribution in [0.3, 0.4) is 0 Å². The lowest BCUT2D eigenvalue weighted by atomic mass is 10.1. The molecule has 1 aliphatic rings. The fourth-order valence-electron chi connectivity index (χ4n) is 2.06. The minimum Gasteiger partial charge on any atom is -0.309 e. The van der Waals surface area contributed by atoms with E-state index in [4.69, 9.17) is 0 Å². The van der Waals surface area contributed by atoms with Crippen molar-refractivity contribution in [1.29, 1.82) is 0 Å². The van der Waals surface area contributed by atoms with E-state index in [9.17, 15) is 10.1 Å². The van der Waals surface area contributed by atoms with E-state index in [1.165, 1.54) is 12.8 Å². The van der Waals surface area contributed by atoms with E-state index in [1.54, 1.807) is 12.1 Å². The number of para-hydroxylation sites is 1. The fraction of sp³-hybridized carbons (Fsp3) is 0.538. The van der Waals surface area contributed by atoms with Crippen molar-refractivity contribution in [3.63, 3.8) is 0 Å². The summed E-state index contributed by atoms with van der Waals surface area (Å²) < 4.78 is 0.373. The van der Waals surface area contributed by atoms with Gasteiger partial charge in [0.2, 0.25) is 0 Å². The van der Waals surface area contributed by atoms with Crippen molar-refractivity contribution in [3.8, 4) is 0 Å². The van der Waals surface area contributed by atoms with E-state index in [0.717, 1.165) is 12.1 Å². The largest absolute Gasteiger partial charge is 0.309 e. The first kappa shape index (κ1) is 13.4. The fourth-order valence-corrected chi connectivity index (χ4v) is 2.80. The Morgan fingerprint density at radius 3 is 2.72 bits per heavy atom. The zero-order valence-electron chi connectivity index (χ0n) is 10.7. The molecule has 0 amide bonds. The molecule has 0 spiro atoms.